The van der Waals surface area contributed by atoms with E-state index in [1.807, 2.05) is 0 Å². The lowest BCUT2D eigenvalue weighted by Crippen LogP contribution is -2.43. The van der Waals surface area contributed by atoms with Crippen LogP contribution >= 0.6 is 11.8 Å². The zero-order chi connectivity index (χ0) is 9.84. The highest BCUT2D eigenvalue weighted by atomic mass is 32.2. The van der Waals surface area contributed by atoms with Gasteiger partial charge in [-0.15, -0.1) is 11.8 Å². The van der Waals surface area contributed by atoms with Crippen molar-refractivity contribution in [1.29, 1.82) is 0 Å². The average Bonchev–Trinajstić information content (AvgIpc) is 2.63. The van der Waals surface area contributed by atoms with Gasteiger partial charge >= 0.3 is 0 Å². The smallest absolute Gasteiger partial charge is 0.104 e. The number of aliphatic hydroxyl groups excluding tert-OH is 4. The SMILES string of the molecule is OCC(O)C1OCSC1C(O)CO. The lowest BCUT2D eigenvalue weighted by Gasteiger charge is -2.24. The number of ether oxygens (including phenoxy) is 1. The molecule has 1 fully saturated rings. The van der Waals surface area contributed by atoms with Gasteiger partial charge in [0.25, 0.3) is 0 Å². The molecular formula is C7H14O5S. The Kier molecular flexibility index (Phi) is 4.43. The molecule has 0 radical (unpaired) electrons. The van der Waals surface area contributed by atoms with E-state index in [4.69, 9.17) is 14.9 Å². The van der Waals surface area contributed by atoms with E-state index in [1.165, 1.54) is 11.8 Å². The summed E-state index contributed by atoms with van der Waals surface area (Å²) in [5.41, 5.74) is 0. The van der Waals surface area contributed by atoms with Crippen molar-refractivity contribution >= 4 is 11.8 Å². The van der Waals surface area contributed by atoms with E-state index in [1.54, 1.807) is 0 Å². The third kappa shape index (κ3) is 2.55. The summed E-state index contributed by atoms with van der Waals surface area (Å²) in [6, 6.07) is 0. The van der Waals surface area contributed by atoms with E-state index in [0.717, 1.165) is 0 Å². The lowest BCUT2D eigenvalue weighted by molar-refractivity contribution is -0.0526. The quantitative estimate of drug-likeness (QED) is 0.435. The third-order valence-electron chi connectivity index (χ3n) is 1.98. The molecule has 6 heteroatoms. The predicted octanol–water partition coefficient (Wildman–Crippen LogP) is -1.85. The summed E-state index contributed by atoms with van der Waals surface area (Å²) in [5, 5.41) is 35.6. The van der Waals surface area contributed by atoms with Gasteiger partial charge in [0.1, 0.15) is 12.2 Å². The molecule has 4 unspecified atom stereocenters. The zero-order valence-corrected chi connectivity index (χ0v) is 7.85. The van der Waals surface area contributed by atoms with Crippen molar-refractivity contribution in [2.45, 2.75) is 23.6 Å². The molecule has 1 saturated heterocycles. The highest BCUT2D eigenvalue weighted by molar-refractivity contribution is 8.00. The van der Waals surface area contributed by atoms with Crippen LogP contribution < -0.4 is 0 Å². The maximum atomic E-state index is 9.33. The fourth-order valence-corrected chi connectivity index (χ4v) is 2.40. The highest BCUT2D eigenvalue weighted by Gasteiger charge is 2.38. The third-order valence-corrected chi connectivity index (χ3v) is 3.22. The van der Waals surface area contributed by atoms with Crippen LogP contribution in [0.5, 0.6) is 0 Å². The second-order valence-corrected chi connectivity index (χ2v) is 3.99. The molecule has 0 amide bonds. The van der Waals surface area contributed by atoms with Crippen molar-refractivity contribution in [3.63, 3.8) is 0 Å². The van der Waals surface area contributed by atoms with E-state index < -0.39 is 24.9 Å². The van der Waals surface area contributed by atoms with Crippen LogP contribution in [0.25, 0.3) is 0 Å². The van der Waals surface area contributed by atoms with E-state index in [2.05, 4.69) is 0 Å². The van der Waals surface area contributed by atoms with Crippen molar-refractivity contribution < 1.29 is 25.2 Å². The zero-order valence-electron chi connectivity index (χ0n) is 7.04. The van der Waals surface area contributed by atoms with E-state index in [-0.39, 0.29) is 11.9 Å². The molecular weight excluding hydrogens is 196 g/mol. The second kappa shape index (κ2) is 5.14. The monoisotopic (exact) mass is 210 g/mol. The van der Waals surface area contributed by atoms with Crippen LogP contribution in [0, 0.1) is 0 Å². The van der Waals surface area contributed by atoms with Gasteiger partial charge in [0.15, 0.2) is 0 Å². The summed E-state index contributed by atoms with van der Waals surface area (Å²) in [5.74, 6) is 0.365. The van der Waals surface area contributed by atoms with E-state index >= 15 is 0 Å². The Morgan fingerprint density at radius 3 is 2.38 bits per heavy atom. The molecule has 0 aliphatic carbocycles. The van der Waals surface area contributed by atoms with E-state index in [9.17, 15) is 10.2 Å². The summed E-state index contributed by atoms with van der Waals surface area (Å²) in [6.07, 6.45) is -2.52. The molecule has 0 aromatic carbocycles. The van der Waals surface area contributed by atoms with Gasteiger partial charge in [0, 0.05) is 0 Å². The Labute approximate surface area is 80.3 Å². The van der Waals surface area contributed by atoms with Crippen LogP contribution in [0.4, 0.5) is 0 Å². The molecule has 1 rings (SSSR count). The van der Waals surface area contributed by atoms with Crippen LogP contribution in [0.2, 0.25) is 0 Å². The lowest BCUT2D eigenvalue weighted by atomic mass is 10.1. The molecule has 0 aromatic rings. The highest BCUT2D eigenvalue weighted by Crippen LogP contribution is 2.30. The summed E-state index contributed by atoms with van der Waals surface area (Å²) in [7, 11) is 0. The molecule has 13 heavy (non-hydrogen) atoms. The van der Waals surface area contributed by atoms with Crippen molar-refractivity contribution in [3.05, 3.63) is 0 Å². The number of hydrogen-bond donors (Lipinski definition) is 4. The van der Waals surface area contributed by atoms with Gasteiger partial charge in [-0.2, -0.15) is 0 Å². The Hall–Kier alpha value is 0.150. The first-order chi connectivity index (χ1) is 6.20. The predicted molar refractivity (Wildman–Crippen MR) is 47.3 cm³/mol. The molecule has 0 spiro atoms. The van der Waals surface area contributed by atoms with Crippen molar-refractivity contribution in [2.24, 2.45) is 0 Å². The standard InChI is InChI=1S/C7H14O5S/c8-1-4(10)6-7(5(11)2-9)13-3-12-6/h4-11H,1-3H2. The summed E-state index contributed by atoms with van der Waals surface area (Å²) >= 11 is 1.32. The minimum absolute atomic E-state index is 0.365. The van der Waals surface area contributed by atoms with Crippen LogP contribution in [-0.4, -0.2) is 63.1 Å². The van der Waals surface area contributed by atoms with Crippen LogP contribution in [0.3, 0.4) is 0 Å². The van der Waals surface area contributed by atoms with Crippen molar-refractivity contribution in [3.8, 4) is 0 Å². The molecule has 1 aliphatic rings. The molecule has 78 valence electrons. The largest absolute Gasteiger partial charge is 0.394 e. The average molecular weight is 210 g/mol. The Morgan fingerprint density at radius 1 is 1.23 bits per heavy atom. The number of rotatable bonds is 4. The Bertz CT molecular complexity index is 140. The van der Waals surface area contributed by atoms with Crippen LogP contribution in [-0.2, 0) is 4.74 Å². The normalized spacial score (nSPS) is 33.2. The molecule has 4 N–H and O–H groups in total. The Balaban J connectivity index is 2.52. The summed E-state index contributed by atoms with van der Waals surface area (Å²) < 4.78 is 5.12. The molecule has 0 bridgehead atoms. The summed E-state index contributed by atoms with van der Waals surface area (Å²) in [6.45, 7) is -0.768. The fourth-order valence-electron chi connectivity index (χ4n) is 1.25. The molecule has 1 aliphatic heterocycles. The van der Waals surface area contributed by atoms with Crippen LogP contribution in [0.1, 0.15) is 0 Å². The van der Waals surface area contributed by atoms with Gasteiger partial charge in [-0.3, -0.25) is 0 Å². The van der Waals surface area contributed by atoms with Crippen molar-refractivity contribution in [1.82, 2.24) is 0 Å². The van der Waals surface area contributed by atoms with Gasteiger partial charge in [-0.05, 0) is 0 Å². The first kappa shape index (κ1) is 11.2. The van der Waals surface area contributed by atoms with Crippen molar-refractivity contribution in [2.75, 3.05) is 19.2 Å². The summed E-state index contributed by atoms with van der Waals surface area (Å²) in [4.78, 5) is 0. The topological polar surface area (TPSA) is 90.2 Å². The van der Waals surface area contributed by atoms with Gasteiger partial charge < -0.3 is 25.2 Å². The van der Waals surface area contributed by atoms with Gasteiger partial charge in [0.2, 0.25) is 0 Å². The fraction of sp³-hybridized carbons (Fsp3) is 1.00. The molecule has 0 saturated carbocycles. The maximum absolute atomic E-state index is 9.33. The van der Waals surface area contributed by atoms with Gasteiger partial charge in [0.05, 0.1) is 30.5 Å². The number of thioether (sulfide) groups is 1. The van der Waals surface area contributed by atoms with Gasteiger partial charge in [-0.1, -0.05) is 0 Å². The number of hydrogen-bond acceptors (Lipinski definition) is 6. The molecule has 5 nitrogen and oxygen atoms in total. The Morgan fingerprint density at radius 2 is 1.85 bits per heavy atom. The molecule has 1 heterocycles. The number of aliphatic hydroxyl groups is 4. The van der Waals surface area contributed by atoms with E-state index in [0.29, 0.717) is 5.94 Å². The maximum Gasteiger partial charge on any atom is 0.104 e. The first-order valence-corrected chi connectivity index (χ1v) is 5.06. The second-order valence-electron chi connectivity index (χ2n) is 2.88. The van der Waals surface area contributed by atoms with Crippen LogP contribution in [0.15, 0.2) is 0 Å². The molecule has 0 aromatic heterocycles. The molecule has 4 atom stereocenters. The minimum Gasteiger partial charge on any atom is -0.394 e. The first-order valence-electron chi connectivity index (χ1n) is 4.01. The minimum atomic E-state index is -0.999. The van der Waals surface area contributed by atoms with Gasteiger partial charge in [-0.25, -0.2) is 0 Å².